The highest BCUT2D eigenvalue weighted by molar-refractivity contribution is 6.42. The molecule has 1 unspecified atom stereocenters. The van der Waals surface area contributed by atoms with Gasteiger partial charge in [0.05, 0.1) is 21.7 Å². The topological polar surface area (TPSA) is 23.5 Å². The molecule has 1 N–H and O–H groups in total. The van der Waals surface area contributed by atoms with E-state index < -0.39 is 6.10 Å². The zero-order chi connectivity index (χ0) is 14.9. The Balaban J connectivity index is 1.94. The summed E-state index contributed by atoms with van der Waals surface area (Å²) in [5, 5.41) is 12.2. The first kappa shape index (κ1) is 15.6. The van der Waals surface area contributed by atoms with Crippen LogP contribution in [0, 0.1) is 0 Å². The number of piperidine rings is 1. The van der Waals surface area contributed by atoms with Crippen molar-refractivity contribution in [1.82, 2.24) is 4.90 Å². The molecule has 4 heteroatoms. The predicted molar refractivity (Wildman–Crippen MR) is 88.0 cm³/mol. The summed E-state index contributed by atoms with van der Waals surface area (Å²) in [6, 6.07) is 5.58. The van der Waals surface area contributed by atoms with Crippen molar-refractivity contribution in [3.8, 4) is 0 Å². The van der Waals surface area contributed by atoms with Crippen molar-refractivity contribution >= 4 is 23.2 Å². The quantitative estimate of drug-likeness (QED) is 0.859. The summed E-state index contributed by atoms with van der Waals surface area (Å²) in [4.78, 5) is 2.52. The lowest BCUT2D eigenvalue weighted by molar-refractivity contribution is -0.0404. The summed E-state index contributed by atoms with van der Waals surface area (Å²) in [6.07, 6.45) is 7.70. The molecule has 0 aromatic heterocycles. The Morgan fingerprint density at radius 1 is 1.00 bits per heavy atom. The van der Waals surface area contributed by atoms with Gasteiger partial charge < -0.3 is 5.11 Å². The van der Waals surface area contributed by atoms with Crippen molar-refractivity contribution in [1.29, 1.82) is 0 Å². The van der Waals surface area contributed by atoms with E-state index >= 15 is 0 Å². The Labute approximate surface area is 137 Å². The molecule has 1 atom stereocenters. The van der Waals surface area contributed by atoms with E-state index in [1.165, 1.54) is 32.1 Å². The number of rotatable bonds is 3. The summed E-state index contributed by atoms with van der Waals surface area (Å²) >= 11 is 12.5. The molecule has 0 spiro atoms. The number of benzene rings is 1. The number of aliphatic hydroxyl groups is 1. The summed E-state index contributed by atoms with van der Waals surface area (Å²) in [7, 11) is 0. The number of aliphatic hydroxyl groups excluding tert-OH is 1. The Kier molecular flexibility index (Phi) is 4.80. The van der Waals surface area contributed by atoms with Crippen molar-refractivity contribution in [3.63, 3.8) is 0 Å². The van der Waals surface area contributed by atoms with E-state index in [1.807, 2.05) is 12.1 Å². The van der Waals surface area contributed by atoms with Crippen LogP contribution in [0.3, 0.4) is 0 Å². The fourth-order valence-corrected chi connectivity index (χ4v) is 4.52. The fourth-order valence-electron chi connectivity index (χ4n) is 4.11. The SMILES string of the molecule is OC(c1cccc(Cl)c1Cl)C1(N2CCCCC2)CCCC1. The molecule has 2 aliphatic rings. The summed E-state index contributed by atoms with van der Waals surface area (Å²) in [6.45, 7) is 2.19. The van der Waals surface area contributed by atoms with Crippen molar-refractivity contribution in [2.75, 3.05) is 13.1 Å². The van der Waals surface area contributed by atoms with Crippen LogP contribution in [0.4, 0.5) is 0 Å². The van der Waals surface area contributed by atoms with Crippen molar-refractivity contribution in [2.24, 2.45) is 0 Å². The number of hydrogen-bond donors (Lipinski definition) is 1. The normalized spacial score (nSPS) is 24.1. The van der Waals surface area contributed by atoms with Crippen LogP contribution in [0.1, 0.15) is 56.6 Å². The van der Waals surface area contributed by atoms with Crippen LogP contribution in [-0.2, 0) is 0 Å². The summed E-state index contributed by atoms with van der Waals surface area (Å²) in [5.74, 6) is 0. The first-order chi connectivity index (χ1) is 10.1. The number of halogens is 2. The third kappa shape index (κ3) is 2.84. The molecule has 2 nitrogen and oxygen atoms in total. The fraction of sp³-hybridized carbons (Fsp3) is 0.647. The molecule has 1 saturated heterocycles. The van der Waals surface area contributed by atoms with Crippen LogP contribution in [0.5, 0.6) is 0 Å². The molecule has 1 aliphatic carbocycles. The second kappa shape index (κ2) is 6.45. The standard InChI is InChI=1S/C17H23Cl2NO/c18-14-8-6-7-13(15(14)19)16(21)17(9-2-3-10-17)20-11-4-1-5-12-20/h6-8,16,21H,1-5,9-12H2. The predicted octanol–water partition coefficient (Wildman–Crippen LogP) is 4.83. The molecule has 0 radical (unpaired) electrons. The van der Waals surface area contributed by atoms with E-state index in [4.69, 9.17) is 23.2 Å². The monoisotopic (exact) mass is 327 g/mol. The van der Waals surface area contributed by atoms with Gasteiger partial charge >= 0.3 is 0 Å². The van der Waals surface area contributed by atoms with Crippen LogP contribution in [0.15, 0.2) is 18.2 Å². The zero-order valence-corrected chi connectivity index (χ0v) is 13.8. The molecular weight excluding hydrogens is 305 g/mol. The van der Waals surface area contributed by atoms with Gasteiger partial charge in [0.15, 0.2) is 0 Å². The molecular formula is C17H23Cl2NO. The maximum Gasteiger partial charge on any atom is 0.0988 e. The average molecular weight is 328 g/mol. The minimum Gasteiger partial charge on any atom is -0.386 e. The van der Waals surface area contributed by atoms with Crippen molar-refractivity contribution in [2.45, 2.75) is 56.6 Å². The molecule has 0 amide bonds. The lowest BCUT2D eigenvalue weighted by Crippen LogP contribution is -2.53. The van der Waals surface area contributed by atoms with Gasteiger partial charge in [-0.2, -0.15) is 0 Å². The van der Waals surface area contributed by atoms with E-state index in [-0.39, 0.29) is 5.54 Å². The number of hydrogen-bond acceptors (Lipinski definition) is 2. The third-order valence-electron chi connectivity index (χ3n) is 5.24. The zero-order valence-electron chi connectivity index (χ0n) is 12.3. The maximum absolute atomic E-state index is 11.1. The van der Waals surface area contributed by atoms with Gasteiger partial charge in [-0.25, -0.2) is 0 Å². The van der Waals surface area contributed by atoms with Gasteiger partial charge in [-0.3, -0.25) is 4.90 Å². The van der Waals surface area contributed by atoms with Crippen LogP contribution in [0.2, 0.25) is 10.0 Å². The third-order valence-corrected chi connectivity index (χ3v) is 6.07. The number of nitrogens with zero attached hydrogens (tertiary/aromatic N) is 1. The van der Waals surface area contributed by atoms with Crippen LogP contribution < -0.4 is 0 Å². The highest BCUT2D eigenvalue weighted by Crippen LogP contribution is 2.47. The maximum atomic E-state index is 11.1. The molecule has 1 aromatic rings. The van der Waals surface area contributed by atoms with Crippen LogP contribution >= 0.6 is 23.2 Å². The number of likely N-dealkylation sites (tertiary alicyclic amines) is 1. The average Bonchev–Trinajstić information content (AvgIpc) is 3.01. The molecule has 21 heavy (non-hydrogen) atoms. The largest absolute Gasteiger partial charge is 0.386 e. The van der Waals surface area contributed by atoms with E-state index in [0.29, 0.717) is 10.0 Å². The van der Waals surface area contributed by atoms with Crippen LogP contribution in [-0.4, -0.2) is 28.6 Å². The van der Waals surface area contributed by atoms with Crippen molar-refractivity contribution in [3.05, 3.63) is 33.8 Å². The minimum absolute atomic E-state index is 0.144. The Hall–Kier alpha value is -0.280. The first-order valence-electron chi connectivity index (χ1n) is 8.02. The van der Waals surface area contributed by atoms with Gasteiger partial charge in [-0.1, -0.05) is 54.6 Å². The van der Waals surface area contributed by atoms with Crippen molar-refractivity contribution < 1.29 is 5.11 Å². The van der Waals surface area contributed by atoms with Gasteiger partial charge in [0.2, 0.25) is 0 Å². The smallest absolute Gasteiger partial charge is 0.0988 e. The molecule has 116 valence electrons. The second-order valence-corrected chi connectivity index (χ2v) is 7.19. The van der Waals surface area contributed by atoms with E-state index in [9.17, 15) is 5.11 Å². The van der Waals surface area contributed by atoms with E-state index in [2.05, 4.69) is 4.90 Å². The summed E-state index contributed by atoms with van der Waals surface area (Å²) in [5.41, 5.74) is 0.644. The molecule has 1 saturated carbocycles. The van der Waals surface area contributed by atoms with Gasteiger partial charge in [0, 0.05) is 5.56 Å². The van der Waals surface area contributed by atoms with Crippen LogP contribution in [0.25, 0.3) is 0 Å². The molecule has 1 heterocycles. The first-order valence-corrected chi connectivity index (χ1v) is 8.78. The molecule has 2 fully saturated rings. The van der Waals surface area contributed by atoms with E-state index in [0.717, 1.165) is 31.5 Å². The Morgan fingerprint density at radius 3 is 2.33 bits per heavy atom. The molecule has 1 aliphatic heterocycles. The molecule has 1 aromatic carbocycles. The second-order valence-electron chi connectivity index (χ2n) is 6.40. The molecule has 3 rings (SSSR count). The highest BCUT2D eigenvalue weighted by atomic mass is 35.5. The minimum atomic E-state index is -0.552. The Morgan fingerprint density at radius 2 is 1.67 bits per heavy atom. The lowest BCUT2D eigenvalue weighted by Gasteiger charge is -2.46. The molecule has 0 bridgehead atoms. The van der Waals surface area contributed by atoms with Gasteiger partial charge in [-0.15, -0.1) is 0 Å². The highest BCUT2D eigenvalue weighted by Gasteiger charge is 2.46. The van der Waals surface area contributed by atoms with Gasteiger partial charge in [-0.05, 0) is 44.8 Å². The van der Waals surface area contributed by atoms with Gasteiger partial charge in [0.1, 0.15) is 0 Å². The Bertz CT molecular complexity index is 494. The van der Waals surface area contributed by atoms with E-state index in [1.54, 1.807) is 6.07 Å². The summed E-state index contributed by atoms with van der Waals surface area (Å²) < 4.78 is 0. The van der Waals surface area contributed by atoms with Gasteiger partial charge in [0.25, 0.3) is 0 Å². The lowest BCUT2D eigenvalue weighted by atomic mass is 9.83.